The lowest BCUT2D eigenvalue weighted by molar-refractivity contribution is -0.166. The second-order valence-electron chi connectivity index (χ2n) is 6.84. The highest BCUT2D eigenvalue weighted by molar-refractivity contribution is 5.66. The molecule has 4 atom stereocenters. The molecule has 0 bridgehead atoms. The Morgan fingerprint density at radius 1 is 1.45 bits per heavy atom. The molecule has 0 spiro atoms. The maximum absolute atomic E-state index is 11.6. The van der Waals surface area contributed by atoms with E-state index in [1.165, 1.54) is 26.2 Å². The zero-order valence-corrected chi connectivity index (χ0v) is 12.9. The average molecular weight is 276 g/mol. The molecule has 0 saturated heterocycles. The Morgan fingerprint density at radius 3 is 2.90 bits per heavy atom. The number of carbonyl (C=O) groups excluding carboxylic acids is 1. The number of hydrogen-bond acceptors (Lipinski definition) is 3. The molecule has 110 valence electrons. The van der Waals surface area contributed by atoms with Crippen LogP contribution in [0.5, 0.6) is 0 Å². The topological polar surface area (TPSA) is 39.4 Å². The van der Waals surface area contributed by atoms with Crippen LogP contribution in [0.4, 0.5) is 0 Å². The molecule has 3 heteroatoms. The average Bonchev–Trinajstić information content (AvgIpc) is 2.73. The Morgan fingerprint density at radius 2 is 2.20 bits per heavy atom. The number of carbonyl (C=O) groups is 1. The van der Waals surface area contributed by atoms with Crippen molar-refractivity contribution in [2.75, 3.05) is 0 Å². The van der Waals surface area contributed by atoms with E-state index in [0.717, 1.165) is 23.3 Å². The summed E-state index contributed by atoms with van der Waals surface area (Å²) in [6.07, 6.45) is 6.34. The van der Waals surface area contributed by atoms with Crippen molar-refractivity contribution in [1.82, 2.24) is 0 Å². The van der Waals surface area contributed by atoms with Gasteiger partial charge in [0.2, 0.25) is 0 Å². The summed E-state index contributed by atoms with van der Waals surface area (Å²) in [5.74, 6) is 1.95. The van der Waals surface area contributed by atoms with E-state index in [2.05, 4.69) is 20.8 Å². The van der Waals surface area contributed by atoms with Crippen molar-refractivity contribution < 1.29 is 13.9 Å². The van der Waals surface area contributed by atoms with E-state index in [1.54, 1.807) is 0 Å². The maximum atomic E-state index is 11.6. The first-order valence-electron chi connectivity index (χ1n) is 7.68. The Hall–Kier alpha value is -1.25. The molecule has 1 aromatic rings. The van der Waals surface area contributed by atoms with Crippen molar-refractivity contribution >= 4 is 5.97 Å². The van der Waals surface area contributed by atoms with E-state index < -0.39 is 0 Å². The molecule has 20 heavy (non-hydrogen) atoms. The van der Waals surface area contributed by atoms with Crippen molar-refractivity contribution in [3.63, 3.8) is 0 Å². The van der Waals surface area contributed by atoms with Crippen molar-refractivity contribution in [3.8, 4) is 0 Å². The Kier molecular flexibility index (Phi) is 3.19. The van der Waals surface area contributed by atoms with E-state index in [-0.39, 0.29) is 17.5 Å². The molecule has 4 unspecified atom stereocenters. The zero-order chi connectivity index (χ0) is 14.5. The molecular weight excluding hydrogens is 252 g/mol. The van der Waals surface area contributed by atoms with Gasteiger partial charge in [0.1, 0.15) is 11.9 Å². The van der Waals surface area contributed by atoms with E-state index in [0.29, 0.717) is 11.8 Å². The van der Waals surface area contributed by atoms with Gasteiger partial charge in [-0.25, -0.2) is 0 Å². The predicted molar refractivity (Wildman–Crippen MR) is 76.3 cm³/mol. The molecule has 0 aromatic carbocycles. The third-order valence-electron chi connectivity index (χ3n) is 5.78. The van der Waals surface area contributed by atoms with Crippen LogP contribution in [-0.2, 0) is 16.0 Å². The van der Waals surface area contributed by atoms with Gasteiger partial charge in [-0.1, -0.05) is 26.7 Å². The van der Waals surface area contributed by atoms with Crippen LogP contribution in [0.3, 0.4) is 0 Å². The molecule has 0 aliphatic heterocycles. The smallest absolute Gasteiger partial charge is 0.303 e. The Labute approximate surface area is 120 Å². The molecule has 0 N–H and O–H groups in total. The first-order valence-corrected chi connectivity index (χ1v) is 7.68. The van der Waals surface area contributed by atoms with Gasteiger partial charge in [0.15, 0.2) is 0 Å². The zero-order valence-electron chi connectivity index (χ0n) is 12.9. The minimum atomic E-state index is -0.193. The second-order valence-corrected chi connectivity index (χ2v) is 6.84. The SMILES string of the molecule is CC(=O)OC1c2c(C)coc2CC2CCCC(C)C21C. The van der Waals surface area contributed by atoms with E-state index in [4.69, 9.17) is 9.15 Å². The van der Waals surface area contributed by atoms with Gasteiger partial charge in [-0.3, -0.25) is 4.79 Å². The van der Waals surface area contributed by atoms with Crippen molar-refractivity contribution in [3.05, 3.63) is 23.2 Å². The van der Waals surface area contributed by atoms with Crippen LogP contribution in [0, 0.1) is 24.2 Å². The van der Waals surface area contributed by atoms with Crippen molar-refractivity contribution in [2.24, 2.45) is 17.3 Å². The van der Waals surface area contributed by atoms with Crippen LogP contribution in [0.1, 0.15) is 63.0 Å². The highest BCUT2D eigenvalue weighted by Gasteiger charge is 2.54. The van der Waals surface area contributed by atoms with E-state index in [1.807, 2.05) is 6.26 Å². The Bertz CT molecular complexity index is 530. The summed E-state index contributed by atoms with van der Waals surface area (Å²) in [6.45, 7) is 8.18. The summed E-state index contributed by atoms with van der Waals surface area (Å²) in [4.78, 5) is 11.6. The monoisotopic (exact) mass is 276 g/mol. The van der Waals surface area contributed by atoms with Crippen LogP contribution in [0.2, 0.25) is 0 Å². The molecule has 0 amide bonds. The fourth-order valence-electron chi connectivity index (χ4n) is 4.39. The summed E-state index contributed by atoms with van der Waals surface area (Å²) in [7, 11) is 0. The van der Waals surface area contributed by atoms with Gasteiger partial charge in [-0.15, -0.1) is 0 Å². The minimum absolute atomic E-state index is 0.0333. The lowest BCUT2D eigenvalue weighted by Crippen LogP contribution is -2.47. The van der Waals surface area contributed by atoms with Crippen LogP contribution >= 0.6 is 0 Å². The molecule has 1 fully saturated rings. The normalized spacial score (nSPS) is 36.1. The summed E-state index contributed by atoms with van der Waals surface area (Å²) in [6, 6.07) is 0. The predicted octanol–water partition coefficient (Wildman–Crippen LogP) is 4.19. The van der Waals surface area contributed by atoms with Gasteiger partial charge in [0.05, 0.1) is 6.26 Å². The molecule has 0 radical (unpaired) electrons. The third-order valence-corrected chi connectivity index (χ3v) is 5.78. The fourth-order valence-corrected chi connectivity index (χ4v) is 4.39. The van der Waals surface area contributed by atoms with Crippen LogP contribution in [-0.4, -0.2) is 5.97 Å². The van der Waals surface area contributed by atoms with Gasteiger partial charge in [0, 0.05) is 24.3 Å². The quantitative estimate of drug-likeness (QED) is 0.722. The number of furan rings is 1. The van der Waals surface area contributed by atoms with E-state index >= 15 is 0 Å². The van der Waals surface area contributed by atoms with Crippen molar-refractivity contribution in [1.29, 1.82) is 0 Å². The number of aryl methyl sites for hydroxylation is 1. The fraction of sp³-hybridized carbons (Fsp3) is 0.706. The lowest BCUT2D eigenvalue weighted by atomic mass is 9.54. The maximum Gasteiger partial charge on any atom is 0.303 e. The van der Waals surface area contributed by atoms with E-state index in [9.17, 15) is 4.79 Å². The first kappa shape index (κ1) is 13.7. The molecule has 1 heterocycles. The van der Waals surface area contributed by atoms with Gasteiger partial charge in [-0.2, -0.15) is 0 Å². The number of ether oxygens (including phenoxy) is 1. The highest BCUT2D eigenvalue weighted by atomic mass is 16.5. The third kappa shape index (κ3) is 1.82. The second kappa shape index (κ2) is 4.64. The summed E-state index contributed by atoms with van der Waals surface area (Å²) in [5, 5.41) is 0. The summed E-state index contributed by atoms with van der Waals surface area (Å²) in [5.41, 5.74) is 2.28. The molecule has 3 rings (SSSR count). The standard InChI is InChI=1S/C17H24O3/c1-10-9-19-14-8-13-7-5-6-11(2)17(13,4)16(15(10)14)20-12(3)18/h9,11,13,16H,5-8H2,1-4H3. The van der Waals surface area contributed by atoms with Crippen LogP contribution in [0.25, 0.3) is 0 Å². The lowest BCUT2D eigenvalue weighted by Gasteiger charge is -2.52. The molecule has 2 aliphatic rings. The van der Waals surface area contributed by atoms with Crippen LogP contribution < -0.4 is 0 Å². The summed E-state index contributed by atoms with van der Waals surface area (Å²) >= 11 is 0. The molecule has 3 nitrogen and oxygen atoms in total. The van der Waals surface area contributed by atoms with Gasteiger partial charge >= 0.3 is 5.97 Å². The number of fused-ring (bicyclic) bond motifs is 2. The highest BCUT2D eigenvalue weighted by Crippen LogP contribution is 2.59. The molecular formula is C17H24O3. The van der Waals surface area contributed by atoms with Gasteiger partial charge in [0.25, 0.3) is 0 Å². The number of esters is 1. The molecule has 2 aliphatic carbocycles. The van der Waals surface area contributed by atoms with Gasteiger partial charge in [-0.05, 0) is 30.7 Å². The minimum Gasteiger partial charge on any atom is -0.469 e. The van der Waals surface area contributed by atoms with Gasteiger partial charge < -0.3 is 9.15 Å². The summed E-state index contributed by atoms with van der Waals surface area (Å²) < 4.78 is 11.5. The Balaban J connectivity index is 2.11. The largest absolute Gasteiger partial charge is 0.469 e. The number of hydrogen-bond donors (Lipinski definition) is 0. The van der Waals surface area contributed by atoms with Crippen LogP contribution in [0.15, 0.2) is 10.7 Å². The first-order chi connectivity index (χ1) is 9.44. The molecule has 1 aromatic heterocycles. The van der Waals surface area contributed by atoms with Crippen molar-refractivity contribution in [2.45, 2.75) is 59.5 Å². The molecule has 1 saturated carbocycles. The number of rotatable bonds is 1.